The molecular formula is C26H39NO11. The fourth-order valence-corrected chi connectivity index (χ4v) is 3.13. The van der Waals surface area contributed by atoms with E-state index in [0.29, 0.717) is 5.56 Å². The molecule has 0 unspecified atom stereocenters. The summed E-state index contributed by atoms with van der Waals surface area (Å²) < 4.78 is 35.3. The number of hydrogen-bond donors (Lipinski definition) is 1. The van der Waals surface area contributed by atoms with Crippen molar-refractivity contribution in [2.24, 2.45) is 5.73 Å². The summed E-state index contributed by atoms with van der Waals surface area (Å²) in [4.78, 5) is 48.5. The topological polar surface area (TPSA) is 159 Å². The lowest BCUT2D eigenvalue weighted by molar-refractivity contribution is -0.147. The van der Waals surface area contributed by atoms with Crippen molar-refractivity contribution in [2.45, 2.75) is 84.5 Å². The van der Waals surface area contributed by atoms with Gasteiger partial charge in [0.15, 0.2) is 11.5 Å². The molecule has 0 fully saturated rings. The van der Waals surface area contributed by atoms with Crippen molar-refractivity contribution in [1.82, 2.24) is 0 Å². The molecule has 2 N–H and O–H groups in total. The van der Waals surface area contributed by atoms with E-state index in [1.807, 2.05) is 6.92 Å². The van der Waals surface area contributed by atoms with Gasteiger partial charge in [0, 0.05) is 12.8 Å². The Hall–Kier alpha value is -3.54. The largest absolute Gasteiger partial charge is 0.514 e. The maximum absolute atomic E-state index is 12.5. The summed E-state index contributed by atoms with van der Waals surface area (Å²) in [6, 6.07) is 4.25. The zero-order valence-corrected chi connectivity index (χ0v) is 22.9. The third-order valence-electron chi connectivity index (χ3n) is 4.91. The minimum atomic E-state index is -1.61. The first-order valence-electron chi connectivity index (χ1n) is 12.5. The molecule has 0 bridgehead atoms. The van der Waals surface area contributed by atoms with Crippen molar-refractivity contribution >= 4 is 24.4 Å². The Labute approximate surface area is 223 Å². The van der Waals surface area contributed by atoms with Crippen molar-refractivity contribution < 1.29 is 52.3 Å². The monoisotopic (exact) mass is 541 g/mol. The quantitative estimate of drug-likeness (QED) is 0.150. The highest BCUT2D eigenvalue weighted by molar-refractivity contribution is 5.81. The number of rotatable bonds is 14. The van der Waals surface area contributed by atoms with Gasteiger partial charge in [-0.15, -0.1) is 0 Å². The van der Waals surface area contributed by atoms with Crippen LogP contribution in [0.5, 0.6) is 11.5 Å². The van der Waals surface area contributed by atoms with Crippen LogP contribution in [0.4, 0.5) is 14.4 Å². The molecule has 1 aromatic carbocycles. The first-order chi connectivity index (χ1) is 17.9. The molecule has 38 heavy (non-hydrogen) atoms. The molecule has 0 aromatic heterocycles. The van der Waals surface area contributed by atoms with E-state index in [4.69, 9.17) is 38.9 Å². The number of benzene rings is 1. The van der Waals surface area contributed by atoms with E-state index < -0.39 is 42.2 Å². The predicted octanol–water partition coefficient (Wildman–Crippen LogP) is 4.68. The zero-order chi connectivity index (χ0) is 28.7. The Morgan fingerprint density at radius 3 is 1.97 bits per heavy atom. The normalized spacial score (nSPS) is 12.3. The van der Waals surface area contributed by atoms with Crippen LogP contribution >= 0.6 is 0 Å². The highest BCUT2D eigenvalue weighted by Crippen LogP contribution is 2.31. The van der Waals surface area contributed by atoms with E-state index in [-0.39, 0.29) is 37.6 Å². The van der Waals surface area contributed by atoms with E-state index in [1.165, 1.54) is 25.3 Å². The van der Waals surface area contributed by atoms with Gasteiger partial charge in [0.2, 0.25) is 0 Å². The summed E-state index contributed by atoms with van der Waals surface area (Å²) in [5, 5.41) is 0. The lowest BCUT2D eigenvalue weighted by Crippen LogP contribution is -2.51. The molecule has 0 aliphatic rings. The molecule has 0 radical (unpaired) electrons. The van der Waals surface area contributed by atoms with Gasteiger partial charge in [0.25, 0.3) is 0 Å². The number of nitrogens with two attached hydrogens (primary N) is 1. The highest BCUT2D eigenvalue weighted by atomic mass is 16.8. The van der Waals surface area contributed by atoms with Crippen LogP contribution in [0.25, 0.3) is 0 Å². The van der Waals surface area contributed by atoms with Crippen molar-refractivity contribution in [2.75, 3.05) is 20.3 Å². The van der Waals surface area contributed by atoms with E-state index in [0.717, 1.165) is 19.3 Å². The lowest BCUT2D eigenvalue weighted by Gasteiger charge is -2.26. The Kier molecular flexibility index (Phi) is 14.0. The lowest BCUT2D eigenvalue weighted by atomic mass is 9.88. The maximum Gasteiger partial charge on any atom is 0.514 e. The summed E-state index contributed by atoms with van der Waals surface area (Å²) in [5.74, 6) is -1.03. The van der Waals surface area contributed by atoms with Gasteiger partial charge >= 0.3 is 24.4 Å². The zero-order valence-electron chi connectivity index (χ0n) is 22.9. The summed E-state index contributed by atoms with van der Waals surface area (Å²) >= 11 is 0. The molecule has 1 rings (SSSR count). The maximum atomic E-state index is 12.5. The number of esters is 1. The number of hydrogen-bond acceptors (Lipinski definition) is 12. The van der Waals surface area contributed by atoms with E-state index in [2.05, 4.69) is 0 Å². The SMILES string of the molecule is CCCCCOC(=O)OCC[C@@](N)(Cc1ccc(OC(=O)OC(C)C)c(OC(=O)OC(C)C)c1)C(=O)OC. The van der Waals surface area contributed by atoms with E-state index in [9.17, 15) is 19.2 Å². The Bertz CT molecular complexity index is 932. The predicted molar refractivity (Wildman–Crippen MR) is 135 cm³/mol. The second-order valence-corrected chi connectivity index (χ2v) is 9.05. The molecule has 0 aliphatic heterocycles. The Morgan fingerprint density at radius 1 is 0.842 bits per heavy atom. The van der Waals surface area contributed by atoms with Gasteiger partial charge in [-0.25, -0.2) is 14.4 Å². The molecule has 12 nitrogen and oxygen atoms in total. The van der Waals surface area contributed by atoms with Gasteiger partial charge in [0.05, 0.1) is 32.5 Å². The molecule has 0 saturated heterocycles. The van der Waals surface area contributed by atoms with Gasteiger partial charge in [-0.1, -0.05) is 25.8 Å². The minimum absolute atomic E-state index is 0.0890. The summed E-state index contributed by atoms with van der Waals surface area (Å²) in [7, 11) is 1.18. The highest BCUT2D eigenvalue weighted by Gasteiger charge is 2.36. The van der Waals surface area contributed by atoms with Gasteiger partial charge in [-0.3, -0.25) is 4.79 Å². The van der Waals surface area contributed by atoms with Crippen LogP contribution in [0, 0.1) is 0 Å². The molecule has 0 heterocycles. The van der Waals surface area contributed by atoms with Crippen molar-refractivity contribution in [3.63, 3.8) is 0 Å². The first-order valence-corrected chi connectivity index (χ1v) is 12.5. The number of carbonyl (C=O) groups excluding carboxylic acids is 4. The Morgan fingerprint density at radius 2 is 1.42 bits per heavy atom. The van der Waals surface area contributed by atoms with Crippen LogP contribution in [0.2, 0.25) is 0 Å². The average Bonchev–Trinajstić information content (AvgIpc) is 2.81. The molecule has 0 aliphatic carbocycles. The van der Waals surface area contributed by atoms with Crippen LogP contribution in [0.1, 0.15) is 65.9 Å². The number of unbranched alkanes of at least 4 members (excludes halogenated alkanes) is 2. The minimum Gasteiger partial charge on any atom is -0.468 e. The fourth-order valence-electron chi connectivity index (χ4n) is 3.13. The molecule has 1 aromatic rings. The number of methoxy groups -OCH3 is 1. The third kappa shape index (κ3) is 12.1. The van der Waals surface area contributed by atoms with E-state index in [1.54, 1.807) is 27.7 Å². The van der Waals surface area contributed by atoms with Crippen LogP contribution in [0.3, 0.4) is 0 Å². The first kappa shape index (κ1) is 32.5. The van der Waals surface area contributed by atoms with Crippen molar-refractivity contribution in [3.05, 3.63) is 23.8 Å². The number of carbonyl (C=O) groups is 4. The second-order valence-electron chi connectivity index (χ2n) is 9.05. The molecule has 1 atom stereocenters. The molecular weight excluding hydrogens is 502 g/mol. The summed E-state index contributed by atoms with van der Waals surface area (Å²) in [6.45, 7) is 8.62. The summed E-state index contributed by atoms with van der Waals surface area (Å²) in [6.07, 6.45) is -1.36. The molecule has 0 amide bonds. The molecule has 0 saturated carbocycles. The van der Waals surface area contributed by atoms with Gasteiger partial charge in [-0.2, -0.15) is 0 Å². The van der Waals surface area contributed by atoms with Gasteiger partial charge < -0.3 is 38.9 Å². The number of ether oxygens (including phenoxy) is 7. The fraction of sp³-hybridized carbons (Fsp3) is 0.615. The molecule has 214 valence electrons. The van der Waals surface area contributed by atoms with Gasteiger partial charge in [-0.05, 0) is 51.8 Å². The van der Waals surface area contributed by atoms with Crippen LogP contribution in [-0.4, -0.2) is 62.5 Å². The smallest absolute Gasteiger partial charge is 0.468 e. The Balaban J connectivity index is 3.05. The molecule has 0 spiro atoms. The second kappa shape index (κ2) is 16.3. The van der Waals surface area contributed by atoms with Crippen LogP contribution in [-0.2, 0) is 34.9 Å². The third-order valence-corrected chi connectivity index (χ3v) is 4.91. The van der Waals surface area contributed by atoms with Crippen LogP contribution in [0.15, 0.2) is 18.2 Å². The van der Waals surface area contributed by atoms with Crippen molar-refractivity contribution in [1.29, 1.82) is 0 Å². The van der Waals surface area contributed by atoms with Crippen molar-refractivity contribution in [3.8, 4) is 11.5 Å². The standard InChI is InChI=1S/C26H39NO11/c1-7-8-9-13-33-23(29)34-14-12-26(27,22(28)32-6)16-19-10-11-20(37-24(30)35-17(2)3)21(15-19)38-25(31)36-18(4)5/h10-11,15,17-18H,7-9,12-14,16,27H2,1-6H3/t26-/m1/s1. The van der Waals surface area contributed by atoms with Crippen LogP contribution < -0.4 is 15.2 Å². The van der Waals surface area contributed by atoms with Gasteiger partial charge in [0.1, 0.15) is 5.54 Å². The summed E-state index contributed by atoms with van der Waals surface area (Å²) in [5.41, 5.74) is 5.18. The average molecular weight is 542 g/mol. The van der Waals surface area contributed by atoms with E-state index >= 15 is 0 Å². The molecule has 12 heteroatoms.